The van der Waals surface area contributed by atoms with E-state index in [-0.39, 0.29) is 17.7 Å². The van der Waals surface area contributed by atoms with Gasteiger partial charge in [-0.05, 0) is 38.4 Å². The van der Waals surface area contributed by atoms with Crippen LogP contribution in [0.15, 0.2) is 24.3 Å². The van der Waals surface area contributed by atoms with Gasteiger partial charge in [-0.3, -0.25) is 0 Å². The molecule has 1 N–H and O–H groups in total. The van der Waals surface area contributed by atoms with Crippen molar-refractivity contribution in [1.29, 1.82) is 0 Å². The van der Waals surface area contributed by atoms with Crippen LogP contribution in [0, 0.1) is 11.7 Å². The number of carbonyl (C=O) groups excluding carboxylic acids is 1. The van der Waals surface area contributed by atoms with Gasteiger partial charge in [-0.2, -0.15) is 0 Å². The Bertz CT molecular complexity index is 537. The lowest BCUT2D eigenvalue weighted by molar-refractivity contribution is -0.151. The zero-order valence-corrected chi connectivity index (χ0v) is 12.3. The highest BCUT2D eigenvalue weighted by atomic mass is 19.1. The van der Waals surface area contributed by atoms with Gasteiger partial charge in [-0.25, -0.2) is 9.18 Å². The summed E-state index contributed by atoms with van der Waals surface area (Å²) in [6, 6.07) is 6.51. The van der Waals surface area contributed by atoms with Crippen LogP contribution in [-0.4, -0.2) is 42.6 Å². The lowest BCUT2D eigenvalue weighted by Crippen LogP contribution is -2.58. The average Bonchev–Trinajstić information content (AvgIpc) is 2.89. The SMILES string of the molecule is CCOC(=O)C1(Nc2ccccc2F)CCN2CCC1C2. The Morgan fingerprint density at radius 1 is 1.48 bits per heavy atom. The van der Waals surface area contributed by atoms with Crippen LogP contribution in [0.3, 0.4) is 0 Å². The maximum Gasteiger partial charge on any atom is 0.332 e. The van der Waals surface area contributed by atoms with Gasteiger partial charge in [0, 0.05) is 19.0 Å². The summed E-state index contributed by atoms with van der Waals surface area (Å²) in [6.07, 6.45) is 1.60. The number of esters is 1. The standard InChI is InChI=1S/C16H21FN2O2/c1-2-21-15(20)16(8-10-19-9-7-12(16)11-19)18-14-6-4-3-5-13(14)17/h3-6,12,18H,2,7-11H2,1H3. The summed E-state index contributed by atoms with van der Waals surface area (Å²) < 4.78 is 19.3. The second-order valence-corrected chi connectivity index (χ2v) is 5.83. The van der Waals surface area contributed by atoms with Crippen molar-refractivity contribution >= 4 is 11.7 Å². The number of anilines is 1. The number of fused-ring (bicyclic) bond motifs is 2. The number of hydrogen-bond acceptors (Lipinski definition) is 4. The molecule has 0 radical (unpaired) electrons. The summed E-state index contributed by atoms with van der Waals surface area (Å²) in [7, 11) is 0. The highest BCUT2D eigenvalue weighted by Gasteiger charge is 2.52. The van der Waals surface area contributed by atoms with Crippen LogP contribution in [-0.2, 0) is 9.53 Å². The van der Waals surface area contributed by atoms with Gasteiger partial charge in [0.05, 0.1) is 12.3 Å². The fourth-order valence-electron chi connectivity index (χ4n) is 3.52. The van der Waals surface area contributed by atoms with Crippen molar-refractivity contribution in [3.63, 3.8) is 0 Å². The minimum Gasteiger partial charge on any atom is -0.464 e. The summed E-state index contributed by atoms with van der Waals surface area (Å²) in [6.45, 7) is 4.87. The quantitative estimate of drug-likeness (QED) is 0.864. The van der Waals surface area contributed by atoms with Gasteiger partial charge >= 0.3 is 5.97 Å². The molecule has 1 aromatic carbocycles. The van der Waals surface area contributed by atoms with E-state index in [0.29, 0.717) is 18.7 Å². The van der Waals surface area contributed by atoms with E-state index < -0.39 is 5.54 Å². The Morgan fingerprint density at radius 2 is 2.29 bits per heavy atom. The molecule has 3 rings (SSSR count). The van der Waals surface area contributed by atoms with E-state index in [1.165, 1.54) is 6.07 Å². The van der Waals surface area contributed by atoms with E-state index in [0.717, 1.165) is 26.1 Å². The number of benzene rings is 1. The number of para-hydroxylation sites is 1. The molecule has 2 fully saturated rings. The zero-order chi connectivity index (χ0) is 14.9. The molecule has 2 heterocycles. The third kappa shape index (κ3) is 2.50. The maximum atomic E-state index is 14.0. The first-order valence-corrected chi connectivity index (χ1v) is 7.58. The molecule has 5 heteroatoms. The van der Waals surface area contributed by atoms with E-state index in [1.54, 1.807) is 25.1 Å². The van der Waals surface area contributed by atoms with Crippen molar-refractivity contribution in [1.82, 2.24) is 4.90 Å². The van der Waals surface area contributed by atoms with Crippen molar-refractivity contribution < 1.29 is 13.9 Å². The highest BCUT2D eigenvalue weighted by Crippen LogP contribution is 2.39. The first-order chi connectivity index (χ1) is 10.2. The van der Waals surface area contributed by atoms with Crippen molar-refractivity contribution in [3.8, 4) is 0 Å². The highest BCUT2D eigenvalue weighted by molar-refractivity contribution is 5.85. The fraction of sp³-hybridized carbons (Fsp3) is 0.562. The zero-order valence-electron chi connectivity index (χ0n) is 12.3. The van der Waals surface area contributed by atoms with Crippen LogP contribution in [0.4, 0.5) is 10.1 Å². The van der Waals surface area contributed by atoms with E-state index >= 15 is 0 Å². The average molecular weight is 292 g/mol. The second-order valence-electron chi connectivity index (χ2n) is 5.83. The number of rotatable bonds is 4. The van der Waals surface area contributed by atoms with Crippen LogP contribution in [0.2, 0.25) is 0 Å². The van der Waals surface area contributed by atoms with Gasteiger partial charge < -0.3 is 15.0 Å². The normalized spacial score (nSPS) is 31.0. The molecule has 2 saturated heterocycles. The smallest absolute Gasteiger partial charge is 0.332 e. The predicted molar refractivity (Wildman–Crippen MR) is 78.6 cm³/mol. The Balaban J connectivity index is 1.93. The molecule has 3 atom stereocenters. The second kappa shape index (κ2) is 5.64. The number of piperidine rings is 1. The number of hydrogen-bond donors (Lipinski definition) is 1. The summed E-state index contributed by atoms with van der Waals surface area (Å²) in [5, 5.41) is 3.20. The van der Waals surface area contributed by atoms with Crippen molar-refractivity contribution in [2.24, 2.45) is 5.92 Å². The van der Waals surface area contributed by atoms with Crippen molar-refractivity contribution in [2.75, 3.05) is 31.6 Å². The van der Waals surface area contributed by atoms with E-state index in [1.807, 2.05) is 0 Å². The van der Waals surface area contributed by atoms with Crippen LogP contribution < -0.4 is 5.32 Å². The number of carbonyl (C=O) groups is 1. The minimum atomic E-state index is -0.800. The van der Waals surface area contributed by atoms with Crippen LogP contribution in [0.25, 0.3) is 0 Å². The monoisotopic (exact) mass is 292 g/mol. The van der Waals surface area contributed by atoms with Gasteiger partial charge in [-0.1, -0.05) is 12.1 Å². The first kappa shape index (κ1) is 14.3. The van der Waals surface area contributed by atoms with E-state index in [2.05, 4.69) is 10.2 Å². The minimum absolute atomic E-state index is 0.171. The third-order valence-electron chi connectivity index (χ3n) is 4.66. The molecule has 1 aromatic rings. The lowest BCUT2D eigenvalue weighted by atomic mass is 9.78. The Morgan fingerprint density at radius 3 is 3.05 bits per heavy atom. The van der Waals surface area contributed by atoms with Crippen molar-refractivity contribution in [2.45, 2.75) is 25.3 Å². The summed E-state index contributed by atoms with van der Waals surface area (Å²) in [4.78, 5) is 15.0. The summed E-state index contributed by atoms with van der Waals surface area (Å²) >= 11 is 0. The molecule has 4 nitrogen and oxygen atoms in total. The molecule has 0 aromatic heterocycles. The Kier molecular flexibility index (Phi) is 3.85. The van der Waals surface area contributed by atoms with Crippen LogP contribution >= 0.6 is 0 Å². The van der Waals surface area contributed by atoms with E-state index in [4.69, 9.17) is 4.74 Å². The summed E-state index contributed by atoms with van der Waals surface area (Å²) in [5.74, 6) is -0.411. The third-order valence-corrected chi connectivity index (χ3v) is 4.66. The number of ether oxygens (including phenoxy) is 1. The molecule has 0 aliphatic carbocycles. The van der Waals surface area contributed by atoms with Crippen molar-refractivity contribution in [3.05, 3.63) is 30.1 Å². The van der Waals surface area contributed by atoms with Crippen LogP contribution in [0.1, 0.15) is 19.8 Å². The predicted octanol–water partition coefficient (Wildman–Crippen LogP) is 2.27. The Labute approximate surface area is 124 Å². The summed E-state index contributed by atoms with van der Waals surface area (Å²) in [5.41, 5.74) is -0.420. The topological polar surface area (TPSA) is 41.6 Å². The largest absolute Gasteiger partial charge is 0.464 e. The molecule has 3 unspecified atom stereocenters. The molecule has 114 valence electrons. The molecular weight excluding hydrogens is 271 g/mol. The fourth-order valence-corrected chi connectivity index (χ4v) is 3.52. The van der Waals surface area contributed by atoms with Gasteiger partial charge in [0.25, 0.3) is 0 Å². The molecular formula is C16H21FN2O2. The number of halogens is 1. The van der Waals surface area contributed by atoms with Crippen LogP contribution in [0.5, 0.6) is 0 Å². The number of nitrogens with one attached hydrogen (secondary N) is 1. The first-order valence-electron chi connectivity index (χ1n) is 7.58. The van der Waals surface area contributed by atoms with Gasteiger partial charge in [0.2, 0.25) is 0 Å². The van der Waals surface area contributed by atoms with E-state index in [9.17, 15) is 9.18 Å². The van der Waals surface area contributed by atoms with Gasteiger partial charge in [-0.15, -0.1) is 0 Å². The molecule has 2 aliphatic heterocycles. The molecule has 2 aliphatic rings. The number of nitrogens with zero attached hydrogens (tertiary/aromatic N) is 1. The molecule has 0 saturated carbocycles. The Hall–Kier alpha value is -1.62. The molecule has 0 spiro atoms. The van der Waals surface area contributed by atoms with Gasteiger partial charge in [0.1, 0.15) is 11.4 Å². The lowest BCUT2D eigenvalue weighted by Gasteiger charge is -2.42. The maximum absolute atomic E-state index is 14.0. The molecule has 0 amide bonds. The molecule has 21 heavy (non-hydrogen) atoms. The van der Waals surface area contributed by atoms with Gasteiger partial charge in [0.15, 0.2) is 0 Å². The molecule has 2 bridgehead atoms.